The van der Waals surface area contributed by atoms with E-state index in [0.29, 0.717) is 10.7 Å². The Morgan fingerprint density at radius 1 is 1.56 bits per heavy atom. The smallest absolute Gasteiger partial charge is 0.252 e. The number of aromatic nitrogens is 3. The lowest BCUT2D eigenvalue weighted by molar-refractivity contribution is -0.116. The molecule has 0 unspecified atom stereocenters. The Labute approximate surface area is 108 Å². The molecule has 0 saturated heterocycles. The van der Waals surface area contributed by atoms with Gasteiger partial charge in [-0.1, -0.05) is 17.7 Å². The second-order valence-corrected chi connectivity index (χ2v) is 3.87. The van der Waals surface area contributed by atoms with Gasteiger partial charge in [-0.15, -0.1) is 5.10 Å². The Hall–Kier alpha value is -2.39. The number of nitrogens with one attached hydrogen (secondary N) is 1. The lowest BCUT2D eigenvalue weighted by Gasteiger charge is -2.04. The first-order valence-electron chi connectivity index (χ1n) is 5.02. The summed E-state index contributed by atoms with van der Waals surface area (Å²) in [6.45, 7) is -0.0127. The highest BCUT2D eigenvalue weighted by atomic mass is 35.5. The molecule has 1 aromatic carbocycles. The number of anilines is 1. The molecule has 1 N–H and O–H groups in total. The fourth-order valence-corrected chi connectivity index (χ4v) is 1.53. The SMILES string of the molecule is N#Cc1ncn(CC(=O)Nc2cccc(Cl)c2)n1. The molecule has 0 aliphatic carbocycles. The van der Waals surface area contributed by atoms with Crippen molar-refractivity contribution in [2.75, 3.05) is 5.32 Å². The number of nitriles is 1. The molecule has 90 valence electrons. The van der Waals surface area contributed by atoms with Crippen LogP contribution in [0.4, 0.5) is 5.69 Å². The van der Waals surface area contributed by atoms with Crippen LogP contribution in [0.3, 0.4) is 0 Å². The molecule has 7 heteroatoms. The van der Waals surface area contributed by atoms with E-state index in [2.05, 4.69) is 15.4 Å². The Morgan fingerprint density at radius 2 is 2.39 bits per heavy atom. The van der Waals surface area contributed by atoms with Gasteiger partial charge in [-0.25, -0.2) is 9.67 Å². The maximum Gasteiger partial charge on any atom is 0.252 e. The quantitative estimate of drug-likeness (QED) is 0.906. The molecule has 18 heavy (non-hydrogen) atoms. The lowest BCUT2D eigenvalue weighted by Crippen LogP contribution is -2.19. The van der Waals surface area contributed by atoms with E-state index in [1.54, 1.807) is 30.3 Å². The second-order valence-electron chi connectivity index (χ2n) is 3.44. The molecule has 0 fully saturated rings. The molecule has 0 spiro atoms. The summed E-state index contributed by atoms with van der Waals surface area (Å²) in [6.07, 6.45) is 1.33. The van der Waals surface area contributed by atoms with Crippen molar-refractivity contribution in [1.82, 2.24) is 14.8 Å². The normalized spacial score (nSPS) is 9.78. The minimum atomic E-state index is -0.272. The molecule has 1 aromatic heterocycles. The highest BCUT2D eigenvalue weighted by Crippen LogP contribution is 2.14. The third-order valence-electron chi connectivity index (χ3n) is 2.05. The lowest BCUT2D eigenvalue weighted by atomic mass is 10.3. The summed E-state index contributed by atoms with van der Waals surface area (Å²) >= 11 is 5.80. The van der Waals surface area contributed by atoms with Crippen LogP contribution in [-0.4, -0.2) is 20.7 Å². The van der Waals surface area contributed by atoms with Crippen molar-refractivity contribution in [2.45, 2.75) is 6.54 Å². The average molecular weight is 262 g/mol. The van der Waals surface area contributed by atoms with Gasteiger partial charge >= 0.3 is 0 Å². The number of halogens is 1. The molecular formula is C11H8ClN5O. The van der Waals surface area contributed by atoms with Gasteiger partial charge in [0.25, 0.3) is 5.82 Å². The summed E-state index contributed by atoms with van der Waals surface area (Å²) in [7, 11) is 0. The molecule has 1 heterocycles. The van der Waals surface area contributed by atoms with Crippen LogP contribution in [0.25, 0.3) is 0 Å². The van der Waals surface area contributed by atoms with Crippen molar-refractivity contribution in [3.8, 4) is 6.07 Å². The Morgan fingerprint density at radius 3 is 3.06 bits per heavy atom. The van der Waals surface area contributed by atoms with Crippen LogP contribution in [0.15, 0.2) is 30.6 Å². The van der Waals surface area contributed by atoms with Gasteiger partial charge in [-0.05, 0) is 18.2 Å². The maximum absolute atomic E-state index is 11.7. The van der Waals surface area contributed by atoms with E-state index in [-0.39, 0.29) is 18.3 Å². The van der Waals surface area contributed by atoms with Gasteiger partial charge in [-0.2, -0.15) is 5.26 Å². The monoisotopic (exact) mass is 261 g/mol. The molecule has 0 aliphatic rings. The topological polar surface area (TPSA) is 83.6 Å². The predicted molar refractivity (Wildman–Crippen MR) is 64.8 cm³/mol. The summed E-state index contributed by atoms with van der Waals surface area (Å²) < 4.78 is 1.29. The van der Waals surface area contributed by atoms with Crippen LogP contribution in [0.2, 0.25) is 5.02 Å². The first-order valence-corrected chi connectivity index (χ1v) is 5.40. The zero-order valence-corrected chi connectivity index (χ0v) is 9.92. The van der Waals surface area contributed by atoms with Crippen molar-refractivity contribution in [1.29, 1.82) is 5.26 Å². The van der Waals surface area contributed by atoms with Gasteiger partial charge in [0.15, 0.2) is 0 Å². The predicted octanol–water partition coefficient (Wildman–Crippen LogP) is 1.44. The number of benzene rings is 1. The summed E-state index contributed by atoms with van der Waals surface area (Å²) in [6, 6.07) is 8.61. The molecule has 0 saturated carbocycles. The number of nitrogens with zero attached hydrogens (tertiary/aromatic N) is 4. The fraction of sp³-hybridized carbons (Fsp3) is 0.0909. The number of hydrogen-bond acceptors (Lipinski definition) is 4. The molecule has 2 aromatic rings. The molecule has 0 radical (unpaired) electrons. The zero-order chi connectivity index (χ0) is 13.0. The van der Waals surface area contributed by atoms with Crippen molar-refractivity contribution >= 4 is 23.2 Å². The minimum Gasteiger partial charge on any atom is -0.324 e. The number of amides is 1. The fourth-order valence-electron chi connectivity index (χ4n) is 1.34. The van der Waals surface area contributed by atoms with E-state index in [0.717, 1.165) is 0 Å². The van der Waals surface area contributed by atoms with Gasteiger partial charge in [-0.3, -0.25) is 4.79 Å². The van der Waals surface area contributed by atoms with E-state index in [4.69, 9.17) is 16.9 Å². The minimum absolute atomic E-state index is 0.0127. The van der Waals surface area contributed by atoms with Crippen LogP contribution in [0, 0.1) is 11.3 Å². The van der Waals surface area contributed by atoms with Crippen LogP contribution < -0.4 is 5.32 Å². The summed E-state index contributed by atoms with van der Waals surface area (Å²) in [4.78, 5) is 15.4. The molecule has 1 amide bonds. The van der Waals surface area contributed by atoms with Crippen molar-refractivity contribution < 1.29 is 4.79 Å². The summed E-state index contributed by atoms with van der Waals surface area (Å²) in [5.74, 6) is -0.239. The summed E-state index contributed by atoms with van der Waals surface area (Å²) in [5.41, 5.74) is 0.605. The van der Waals surface area contributed by atoms with E-state index in [9.17, 15) is 4.79 Å². The number of carbonyl (C=O) groups is 1. The standard InChI is InChI=1S/C11H8ClN5O/c12-8-2-1-3-9(4-8)15-11(18)6-17-7-14-10(5-13)16-17/h1-4,7H,6H2,(H,15,18). The molecular weight excluding hydrogens is 254 g/mol. The summed E-state index contributed by atoms with van der Waals surface area (Å²) in [5, 5.41) is 15.5. The third-order valence-corrected chi connectivity index (χ3v) is 2.29. The van der Waals surface area contributed by atoms with Gasteiger partial charge < -0.3 is 5.32 Å². The number of carbonyl (C=O) groups excluding carboxylic acids is 1. The molecule has 0 atom stereocenters. The highest BCUT2D eigenvalue weighted by molar-refractivity contribution is 6.30. The van der Waals surface area contributed by atoms with Gasteiger partial charge in [0.1, 0.15) is 18.9 Å². The average Bonchev–Trinajstić information content (AvgIpc) is 2.76. The highest BCUT2D eigenvalue weighted by Gasteiger charge is 2.06. The van der Waals surface area contributed by atoms with Gasteiger partial charge in [0, 0.05) is 10.7 Å². The number of rotatable bonds is 3. The Balaban J connectivity index is 1.99. The van der Waals surface area contributed by atoms with Crippen LogP contribution in [0.5, 0.6) is 0 Å². The first-order chi connectivity index (χ1) is 8.67. The van der Waals surface area contributed by atoms with Crippen molar-refractivity contribution in [3.63, 3.8) is 0 Å². The van der Waals surface area contributed by atoms with Crippen molar-refractivity contribution in [2.24, 2.45) is 0 Å². The van der Waals surface area contributed by atoms with Crippen LogP contribution >= 0.6 is 11.6 Å². The second kappa shape index (κ2) is 5.29. The zero-order valence-electron chi connectivity index (χ0n) is 9.17. The number of hydrogen-bond donors (Lipinski definition) is 1. The van der Waals surface area contributed by atoms with Crippen LogP contribution in [-0.2, 0) is 11.3 Å². The van der Waals surface area contributed by atoms with E-state index in [1.807, 2.05) is 0 Å². The first kappa shape index (κ1) is 12.1. The molecule has 0 aliphatic heterocycles. The Bertz CT molecular complexity index is 616. The van der Waals surface area contributed by atoms with Crippen LogP contribution in [0.1, 0.15) is 5.82 Å². The van der Waals surface area contributed by atoms with E-state index >= 15 is 0 Å². The largest absolute Gasteiger partial charge is 0.324 e. The van der Waals surface area contributed by atoms with E-state index < -0.39 is 0 Å². The van der Waals surface area contributed by atoms with E-state index in [1.165, 1.54) is 11.0 Å². The van der Waals surface area contributed by atoms with Gasteiger partial charge in [0.05, 0.1) is 0 Å². The van der Waals surface area contributed by atoms with Crippen molar-refractivity contribution in [3.05, 3.63) is 41.4 Å². The molecule has 2 rings (SSSR count). The molecule has 0 bridgehead atoms. The Kier molecular flexibility index (Phi) is 3.55. The third kappa shape index (κ3) is 3.06. The van der Waals surface area contributed by atoms with Gasteiger partial charge in [0.2, 0.25) is 5.91 Å². The maximum atomic E-state index is 11.7. The molecule has 6 nitrogen and oxygen atoms in total.